The molecule has 1 aromatic carbocycles. The fraction of sp³-hybridized carbons (Fsp3) is 0.143. The fourth-order valence-corrected chi connectivity index (χ4v) is 2.14. The predicted molar refractivity (Wildman–Crippen MR) is 77.3 cm³/mol. The Morgan fingerprint density at radius 3 is 2.57 bits per heavy atom. The summed E-state index contributed by atoms with van der Waals surface area (Å²) in [6.45, 7) is -2.88. The highest BCUT2D eigenvalue weighted by Crippen LogP contribution is 2.18. The number of halogens is 3. The van der Waals surface area contributed by atoms with Crippen LogP contribution in [0.4, 0.5) is 8.78 Å². The van der Waals surface area contributed by atoms with Gasteiger partial charge in [0.1, 0.15) is 5.75 Å². The van der Waals surface area contributed by atoms with Crippen LogP contribution in [0.2, 0.25) is 0 Å². The van der Waals surface area contributed by atoms with Gasteiger partial charge in [0.25, 0.3) is 0 Å². The summed E-state index contributed by atoms with van der Waals surface area (Å²) in [5, 5.41) is 4.03. The molecule has 0 saturated carbocycles. The predicted octanol–water partition coefficient (Wildman–Crippen LogP) is 3.68. The second kappa shape index (κ2) is 6.62. The van der Waals surface area contributed by atoms with Gasteiger partial charge < -0.3 is 4.74 Å². The lowest BCUT2D eigenvalue weighted by molar-refractivity contribution is -0.0498. The molecule has 1 heterocycles. The Morgan fingerprint density at radius 1 is 1.38 bits per heavy atom. The quantitative estimate of drug-likeness (QED) is 0.606. The van der Waals surface area contributed by atoms with E-state index in [1.165, 1.54) is 30.3 Å². The number of ether oxygens (including phenoxy) is 1. The molecule has 0 aliphatic carbocycles. The third-order valence-corrected chi connectivity index (χ3v) is 3.31. The summed E-state index contributed by atoms with van der Waals surface area (Å²) in [5.74, 6) is -0.230. The number of aromatic nitrogens is 2. The van der Waals surface area contributed by atoms with Gasteiger partial charge in [0.05, 0.1) is 16.4 Å². The van der Waals surface area contributed by atoms with E-state index in [1.807, 2.05) is 0 Å². The zero-order valence-electron chi connectivity index (χ0n) is 11.0. The van der Waals surface area contributed by atoms with Crippen LogP contribution in [0.1, 0.15) is 16.1 Å². The zero-order valence-corrected chi connectivity index (χ0v) is 12.5. The number of hydrogen-bond donors (Lipinski definition) is 0. The number of rotatable bonds is 5. The van der Waals surface area contributed by atoms with E-state index in [-0.39, 0.29) is 11.5 Å². The molecule has 2 aromatic rings. The molecule has 0 bridgehead atoms. The molecular formula is C14H11BrF2N2O2. The maximum atomic E-state index is 12.0. The number of hydrogen-bond acceptors (Lipinski definition) is 3. The van der Waals surface area contributed by atoms with Gasteiger partial charge >= 0.3 is 6.61 Å². The number of carbonyl (C=O) groups excluding carboxylic acids is 1. The normalized spacial score (nSPS) is 11.3. The third-order valence-electron chi connectivity index (χ3n) is 2.69. The van der Waals surface area contributed by atoms with Gasteiger partial charge in [-0.1, -0.05) is 0 Å². The van der Waals surface area contributed by atoms with Crippen LogP contribution < -0.4 is 4.74 Å². The Hall–Kier alpha value is -2.02. The number of allylic oxidation sites excluding steroid dienone is 1. The molecule has 1 aromatic heterocycles. The van der Waals surface area contributed by atoms with E-state index in [1.54, 1.807) is 24.0 Å². The Morgan fingerprint density at radius 2 is 2.05 bits per heavy atom. The molecule has 110 valence electrons. The topological polar surface area (TPSA) is 44.1 Å². The zero-order chi connectivity index (χ0) is 15.4. The van der Waals surface area contributed by atoms with Crippen molar-refractivity contribution in [3.63, 3.8) is 0 Å². The highest BCUT2D eigenvalue weighted by Gasteiger charge is 2.07. The van der Waals surface area contributed by atoms with Gasteiger partial charge in [0.2, 0.25) is 0 Å². The third kappa shape index (κ3) is 3.98. The molecule has 0 radical (unpaired) electrons. The maximum Gasteiger partial charge on any atom is 0.387 e. The minimum Gasteiger partial charge on any atom is -0.435 e. The summed E-state index contributed by atoms with van der Waals surface area (Å²) in [4.78, 5) is 12.0. The number of ketones is 1. The van der Waals surface area contributed by atoms with E-state index in [9.17, 15) is 13.6 Å². The summed E-state index contributed by atoms with van der Waals surface area (Å²) in [7, 11) is 1.76. The Bertz CT molecular complexity index is 647. The molecule has 0 saturated heterocycles. The first-order chi connectivity index (χ1) is 9.97. The van der Waals surface area contributed by atoms with Gasteiger partial charge in [0.15, 0.2) is 5.78 Å². The van der Waals surface area contributed by atoms with Crippen molar-refractivity contribution in [2.45, 2.75) is 6.61 Å². The smallest absolute Gasteiger partial charge is 0.387 e. The number of nitrogens with zero attached hydrogens (tertiary/aromatic N) is 2. The van der Waals surface area contributed by atoms with Crippen LogP contribution in [0.15, 0.2) is 41.0 Å². The summed E-state index contributed by atoms with van der Waals surface area (Å²) in [6.07, 6.45) is 4.65. The molecule has 0 aliphatic rings. The molecule has 7 heteroatoms. The van der Waals surface area contributed by atoms with Crippen LogP contribution in [0, 0.1) is 0 Å². The van der Waals surface area contributed by atoms with Gasteiger partial charge in [-0.25, -0.2) is 0 Å². The number of carbonyl (C=O) groups is 1. The lowest BCUT2D eigenvalue weighted by atomic mass is 10.1. The van der Waals surface area contributed by atoms with Crippen LogP contribution in [0.5, 0.6) is 5.75 Å². The lowest BCUT2D eigenvalue weighted by Gasteiger charge is -2.04. The fourth-order valence-electron chi connectivity index (χ4n) is 1.66. The molecular weight excluding hydrogens is 346 g/mol. The largest absolute Gasteiger partial charge is 0.435 e. The van der Waals surface area contributed by atoms with Crippen molar-refractivity contribution < 1.29 is 18.3 Å². The van der Waals surface area contributed by atoms with Crippen molar-refractivity contribution in [1.82, 2.24) is 9.78 Å². The summed E-state index contributed by atoms with van der Waals surface area (Å²) in [6, 6.07) is 5.52. The van der Waals surface area contributed by atoms with Gasteiger partial charge in [-0.15, -0.1) is 0 Å². The van der Waals surface area contributed by atoms with Crippen LogP contribution in [0.3, 0.4) is 0 Å². The van der Waals surface area contributed by atoms with Crippen molar-refractivity contribution in [2.75, 3.05) is 0 Å². The van der Waals surface area contributed by atoms with Gasteiger partial charge in [-0.05, 0) is 52.3 Å². The first-order valence-corrected chi connectivity index (χ1v) is 6.71. The van der Waals surface area contributed by atoms with Crippen LogP contribution >= 0.6 is 15.9 Å². The average molecular weight is 357 g/mol. The molecule has 0 aliphatic heterocycles. The molecule has 0 spiro atoms. The number of aryl methyl sites for hydroxylation is 1. The van der Waals surface area contributed by atoms with Crippen LogP contribution in [-0.4, -0.2) is 22.2 Å². The Balaban J connectivity index is 2.10. The first kappa shape index (κ1) is 15.4. The minimum absolute atomic E-state index is 0.0138. The molecule has 2 rings (SSSR count). The van der Waals surface area contributed by atoms with E-state index >= 15 is 0 Å². The van der Waals surface area contributed by atoms with Crippen molar-refractivity contribution in [3.05, 3.63) is 52.3 Å². The molecule has 0 atom stereocenters. The molecule has 4 nitrogen and oxygen atoms in total. The van der Waals surface area contributed by atoms with Crippen molar-refractivity contribution >= 4 is 27.8 Å². The van der Waals surface area contributed by atoms with Crippen LogP contribution in [0.25, 0.3) is 6.08 Å². The highest BCUT2D eigenvalue weighted by atomic mass is 79.9. The summed E-state index contributed by atoms with van der Waals surface area (Å²) < 4.78 is 30.7. The van der Waals surface area contributed by atoms with Crippen molar-refractivity contribution in [2.24, 2.45) is 7.05 Å². The average Bonchev–Trinajstić information content (AvgIpc) is 2.75. The number of benzene rings is 1. The summed E-state index contributed by atoms with van der Waals surface area (Å²) in [5.41, 5.74) is 1.13. The first-order valence-electron chi connectivity index (χ1n) is 5.92. The second-order valence-corrected chi connectivity index (χ2v) is 4.96. The molecule has 0 fully saturated rings. The van der Waals surface area contributed by atoms with E-state index in [0.29, 0.717) is 5.56 Å². The molecule has 0 amide bonds. The van der Waals surface area contributed by atoms with Gasteiger partial charge in [0, 0.05) is 12.6 Å². The SMILES string of the molecule is Cn1ncc(Br)c1/C=C\C(=O)c1ccc(OC(F)F)cc1. The lowest BCUT2D eigenvalue weighted by Crippen LogP contribution is -2.02. The molecule has 0 N–H and O–H groups in total. The standard InChI is InChI=1S/C14H11BrF2N2O2/c1-19-12(11(15)8-18-19)6-7-13(20)9-2-4-10(5-3-9)21-14(16)17/h2-8,14H,1H3/b7-6-. The second-order valence-electron chi connectivity index (χ2n) is 4.10. The number of alkyl halides is 2. The Labute approximate surface area is 128 Å². The van der Waals surface area contributed by atoms with Crippen molar-refractivity contribution in [1.29, 1.82) is 0 Å². The van der Waals surface area contributed by atoms with E-state index in [4.69, 9.17) is 0 Å². The van der Waals surface area contributed by atoms with E-state index in [2.05, 4.69) is 25.8 Å². The Kier molecular flexibility index (Phi) is 4.85. The molecule has 0 unspecified atom stereocenters. The van der Waals surface area contributed by atoms with Gasteiger partial charge in [-0.3, -0.25) is 9.48 Å². The van der Waals surface area contributed by atoms with Gasteiger partial charge in [-0.2, -0.15) is 13.9 Å². The monoisotopic (exact) mass is 356 g/mol. The van der Waals surface area contributed by atoms with E-state index < -0.39 is 6.61 Å². The minimum atomic E-state index is -2.88. The van der Waals surface area contributed by atoms with E-state index in [0.717, 1.165) is 10.2 Å². The highest BCUT2D eigenvalue weighted by molar-refractivity contribution is 9.10. The molecule has 21 heavy (non-hydrogen) atoms. The van der Waals surface area contributed by atoms with Crippen LogP contribution in [-0.2, 0) is 7.05 Å². The summed E-state index contributed by atoms with van der Waals surface area (Å²) >= 11 is 3.32. The maximum absolute atomic E-state index is 12.0. The van der Waals surface area contributed by atoms with Crippen molar-refractivity contribution in [3.8, 4) is 5.75 Å².